The SMILES string of the molecule is CC(C)c1ccc(N(c2ccc(F)cc2)c2cc3oc4cc5oc6cc(N(c7ccc(F)cc7)c7ccc(C(C)C)cc7)c7ccccc7c6c5cc4c3c3ccccc23)cc1. The quantitative estimate of drug-likeness (QED) is 0.153. The molecule has 0 saturated heterocycles. The molecule has 0 spiro atoms. The van der Waals surface area contributed by atoms with Gasteiger partial charge in [-0.15, -0.1) is 0 Å². The molecule has 0 aliphatic rings. The van der Waals surface area contributed by atoms with Crippen LogP contribution in [0.4, 0.5) is 42.9 Å². The molecule has 0 radical (unpaired) electrons. The Morgan fingerprint density at radius 2 is 0.694 bits per heavy atom. The highest BCUT2D eigenvalue weighted by molar-refractivity contribution is 6.28. The van der Waals surface area contributed by atoms with Crippen LogP contribution >= 0.6 is 0 Å². The molecular weight excluding hydrogens is 771 g/mol. The molecule has 11 rings (SSSR count). The molecule has 0 unspecified atom stereocenters. The third-order valence-corrected chi connectivity index (χ3v) is 12.3. The van der Waals surface area contributed by atoms with Gasteiger partial charge in [0, 0.05) is 73.3 Å². The van der Waals surface area contributed by atoms with Crippen molar-refractivity contribution in [1.29, 1.82) is 0 Å². The zero-order valence-corrected chi connectivity index (χ0v) is 34.8. The minimum Gasteiger partial charge on any atom is -0.456 e. The summed E-state index contributed by atoms with van der Waals surface area (Å²) >= 11 is 0. The average Bonchev–Trinajstić information content (AvgIpc) is 3.84. The first-order valence-electron chi connectivity index (χ1n) is 21.2. The molecule has 0 atom stereocenters. The van der Waals surface area contributed by atoms with Gasteiger partial charge in [0.1, 0.15) is 34.0 Å². The van der Waals surface area contributed by atoms with Crippen molar-refractivity contribution in [2.45, 2.75) is 39.5 Å². The summed E-state index contributed by atoms with van der Waals surface area (Å²) in [6.07, 6.45) is 0. The maximum Gasteiger partial charge on any atom is 0.139 e. The first kappa shape index (κ1) is 37.6. The van der Waals surface area contributed by atoms with Crippen LogP contribution in [-0.4, -0.2) is 0 Å². The molecule has 62 heavy (non-hydrogen) atoms. The number of nitrogens with zero attached hydrogens (tertiary/aromatic N) is 2. The molecule has 0 bridgehead atoms. The van der Waals surface area contributed by atoms with Gasteiger partial charge in [-0.25, -0.2) is 8.78 Å². The predicted molar refractivity (Wildman–Crippen MR) is 253 cm³/mol. The highest BCUT2D eigenvalue weighted by atomic mass is 19.1. The maximum atomic E-state index is 14.3. The van der Waals surface area contributed by atoms with Crippen LogP contribution in [0.1, 0.15) is 50.7 Å². The summed E-state index contributed by atoms with van der Waals surface area (Å²) in [5.41, 5.74) is 10.8. The van der Waals surface area contributed by atoms with Crippen LogP contribution in [0, 0.1) is 11.6 Å². The van der Waals surface area contributed by atoms with E-state index in [1.807, 2.05) is 30.3 Å². The molecule has 9 aromatic carbocycles. The Hall–Kier alpha value is -7.44. The fraction of sp³-hybridized carbons (Fsp3) is 0.107. The number of hydrogen-bond acceptors (Lipinski definition) is 4. The second-order valence-corrected chi connectivity index (χ2v) is 16.8. The molecule has 0 amide bonds. The summed E-state index contributed by atoms with van der Waals surface area (Å²) in [6.45, 7) is 8.75. The van der Waals surface area contributed by atoms with Crippen LogP contribution in [0.2, 0.25) is 0 Å². The molecule has 0 aliphatic heterocycles. The van der Waals surface area contributed by atoms with Gasteiger partial charge in [0.2, 0.25) is 0 Å². The molecule has 0 saturated carbocycles. The Kier molecular flexibility index (Phi) is 8.86. The Morgan fingerprint density at radius 3 is 1.05 bits per heavy atom. The van der Waals surface area contributed by atoms with Crippen LogP contribution < -0.4 is 9.80 Å². The van der Waals surface area contributed by atoms with Gasteiger partial charge < -0.3 is 18.6 Å². The van der Waals surface area contributed by atoms with Gasteiger partial charge in [0.15, 0.2) is 0 Å². The number of halogens is 2. The monoisotopic (exact) mass is 812 g/mol. The standard InChI is InChI=1S/C56H42F2N2O2/c1-33(2)35-13-21-39(22-14-35)59(41-25-17-37(57)18-26-41)49-30-53-55(45-11-7-5-9-43(45)49)47-29-48-52(32-51(47)61-53)62-54-31-50(44-10-6-8-12-46(44)56(48)54)60(42-27-19-38(58)20-28-42)40-23-15-36(16-24-40)34(3)4/h5-34H,1-4H3. The van der Waals surface area contributed by atoms with Gasteiger partial charge >= 0.3 is 0 Å². The molecule has 4 nitrogen and oxygen atoms in total. The van der Waals surface area contributed by atoms with Gasteiger partial charge in [-0.2, -0.15) is 0 Å². The van der Waals surface area contributed by atoms with E-state index >= 15 is 0 Å². The van der Waals surface area contributed by atoms with Crippen molar-refractivity contribution in [2.75, 3.05) is 9.80 Å². The second-order valence-electron chi connectivity index (χ2n) is 16.8. The van der Waals surface area contributed by atoms with Crippen molar-refractivity contribution >= 4 is 99.5 Å². The van der Waals surface area contributed by atoms with E-state index in [0.717, 1.165) is 88.4 Å². The summed E-state index contributed by atoms with van der Waals surface area (Å²) in [5, 5.41) is 8.16. The number of benzene rings is 9. The van der Waals surface area contributed by atoms with E-state index in [0.29, 0.717) is 23.0 Å². The van der Waals surface area contributed by atoms with Gasteiger partial charge in [-0.3, -0.25) is 0 Å². The van der Waals surface area contributed by atoms with Gasteiger partial charge in [-0.1, -0.05) is 100 Å². The highest BCUT2D eigenvalue weighted by Crippen LogP contribution is 2.48. The molecule has 2 heterocycles. The molecule has 6 heteroatoms. The van der Waals surface area contributed by atoms with Crippen molar-refractivity contribution < 1.29 is 17.6 Å². The normalized spacial score (nSPS) is 12.0. The molecule has 0 N–H and O–H groups in total. The summed E-state index contributed by atoms with van der Waals surface area (Å²) in [4.78, 5) is 4.35. The van der Waals surface area contributed by atoms with Gasteiger partial charge in [-0.05, 0) is 113 Å². The van der Waals surface area contributed by atoms with Crippen molar-refractivity contribution in [3.05, 3.63) is 193 Å². The Balaban J connectivity index is 1.13. The molecule has 302 valence electrons. The molecule has 11 aromatic rings. The Labute approximate surface area is 357 Å². The second kappa shape index (κ2) is 14.6. The summed E-state index contributed by atoms with van der Waals surface area (Å²) < 4.78 is 42.3. The first-order valence-corrected chi connectivity index (χ1v) is 21.2. The van der Waals surface area contributed by atoms with Crippen LogP contribution in [0.25, 0.3) is 65.4 Å². The third kappa shape index (κ3) is 6.16. The first-order chi connectivity index (χ1) is 30.2. The summed E-state index contributed by atoms with van der Waals surface area (Å²) in [7, 11) is 0. The smallest absolute Gasteiger partial charge is 0.139 e. The van der Waals surface area contributed by atoms with Crippen LogP contribution in [-0.2, 0) is 0 Å². The van der Waals surface area contributed by atoms with Crippen LogP contribution in [0.15, 0.2) is 179 Å². The van der Waals surface area contributed by atoms with Gasteiger partial charge in [0.25, 0.3) is 0 Å². The highest BCUT2D eigenvalue weighted by Gasteiger charge is 2.24. The average molecular weight is 813 g/mol. The number of fused-ring (bicyclic) bond motifs is 10. The zero-order chi connectivity index (χ0) is 42.2. The fourth-order valence-corrected chi connectivity index (χ4v) is 9.16. The van der Waals surface area contributed by atoms with Crippen LogP contribution in [0.5, 0.6) is 0 Å². The van der Waals surface area contributed by atoms with E-state index in [1.54, 1.807) is 0 Å². The zero-order valence-electron chi connectivity index (χ0n) is 34.8. The lowest BCUT2D eigenvalue weighted by molar-refractivity contribution is 0.627. The topological polar surface area (TPSA) is 32.8 Å². The Bertz CT molecular complexity index is 3250. The third-order valence-electron chi connectivity index (χ3n) is 12.3. The van der Waals surface area contributed by atoms with E-state index in [1.165, 1.54) is 35.4 Å². The van der Waals surface area contributed by atoms with E-state index in [4.69, 9.17) is 8.83 Å². The summed E-state index contributed by atoms with van der Waals surface area (Å²) in [5.74, 6) is 0.197. The lowest BCUT2D eigenvalue weighted by Gasteiger charge is -2.27. The molecular formula is C56H42F2N2O2. The maximum absolute atomic E-state index is 14.3. The fourth-order valence-electron chi connectivity index (χ4n) is 9.16. The lowest BCUT2D eigenvalue weighted by atomic mass is 9.98. The predicted octanol–water partition coefficient (Wildman–Crippen LogP) is 17.3. The van der Waals surface area contributed by atoms with Crippen molar-refractivity contribution in [3.63, 3.8) is 0 Å². The largest absolute Gasteiger partial charge is 0.456 e. The number of rotatable bonds is 8. The molecule has 2 aromatic heterocycles. The molecule has 0 fully saturated rings. The summed E-state index contributed by atoms with van der Waals surface area (Å²) in [6, 6.07) is 55.7. The van der Waals surface area contributed by atoms with E-state index in [9.17, 15) is 8.78 Å². The van der Waals surface area contributed by atoms with E-state index in [-0.39, 0.29) is 11.6 Å². The number of hydrogen-bond donors (Lipinski definition) is 0. The number of anilines is 6. The van der Waals surface area contributed by atoms with Crippen molar-refractivity contribution in [2.24, 2.45) is 0 Å². The van der Waals surface area contributed by atoms with Crippen molar-refractivity contribution in [1.82, 2.24) is 0 Å². The van der Waals surface area contributed by atoms with Crippen molar-refractivity contribution in [3.8, 4) is 0 Å². The number of furan rings is 2. The van der Waals surface area contributed by atoms with Gasteiger partial charge in [0.05, 0.1) is 11.4 Å². The van der Waals surface area contributed by atoms with E-state index < -0.39 is 0 Å². The van der Waals surface area contributed by atoms with Crippen LogP contribution in [0.3, 0.4) is 0 Å². The lowest BCUT2D eigenvalue weighted by Crippen LogP contribution is -2.10. The minimum atomic E-state index is -0.288. The Morgan fingerprint density at radius 1 is 0.355 bits per heavy atom. The minimum absolute atomic E-state index is 0.288. The van der Waals surface area contributed by atoms with E-state index in [2.05, 4.69) is 153 Å². The molecule has 0 aliphatic carbocycles.